The van der Waals surface area contributed by atoms with Crippen molar-refractivity contribution in [3.8, 4) is 24.0 Å². The molecule has 0 aliphatic carbocycles. The minimum atomic E-state index is -0.972. The van der Waals surface area contributed by atoms with Crippen LogP contribution in [0.4, 0.5) is 0 Å². The molecule has 0 saturated carbocycles. The number of ether oxygens (including phenoxy) is 1. The van der Waals surface area contributed by atoms with Gasteiger partial charge in [0.25, 0.3) is 0 Å². The van der Waals surface area contributed by atoms with Gasteiger partial charge < -0.3 is 4.74 Å². The van der Waals surface area contributed by atoms with Gasteiger partial charge in [0.1, 0.15) is 11.7 Å². The van der Waals surface area contributed by atoms with Gasteiger partial charge in [0.15, 0.2) is 5.92 Å². The van der Waals surface area contributed by atoms with Crippen LogP contribution in [0, 0.1) is 39.9 Å². The van der Waals surface area contributed by atoms with E-state index in [9.17, 15) is 0 Å². The Morgan fingerprint density at radius 2 is 1.82 bits per heavy atom. The van der Waals surface area contributed by atoms with E-state index in [2.05, 4.69) is 15.9 Å². The van der Waals surface area contributed by atoms with E-state index in [-0.39, 0.29) is 0 Å². The van der Waals surface area contributed by atoms with Crippen LogP contribution in [-0.2, 0) is 0 Å². The number of nitriles is 3. The summed E-state index contributed by atoms with van der Waals surface area (Å²) in [4.78, 5) is 0. The molecule has 4 nitrogen and oxygen atoms in total. The van der Waals surface area contributed by atoms with Gasteiger partial charge in [-0.25, -0.2) is 0 Å². The molecule has 0 saturated heterocycles. The summed E-state index contributed by atoms with van der Waals surface area (Å²) in [5, 5.41) is 26.6. The van der Waals surface area contributed by atoms with Gasteiger partial charge in [0.05, 0.1) is 29.8 Å². The SMILES string of the molecule is COc1ccc(C(C#N)C(C#N)C#N)cc1Br. The maximum Gasteiger partial charge on any atom is 0.153 e. The van der Waals surface area contributed by atoms with Gasteiger partial charge in [-0.3, -0.25) is 0 Å². The maximum atomic E-state index is 9.03. The zero-order valence-corrected chi connectivity index (χ0v) is 10.6. The molecule has 0 aliphatic heterocycles. The fraction of sp³-hybridized carbons (Fsp3) is 0.250. The van der Waals surface area contributed by atoms with Crippen LogP contribution < -0.4 is 4.74 Å². The molecule has 17 heavy (non-hydrogen) atoms. The average Bonchev–Trinajstić information content (AvgIpc) is 2.35. The Kier molecular flexibility index (Phi) is 4.52. The second kappa shape index (κ2) is 5.89. The number of methoxy groups -OCH3 is 1. The van der Waals surface area contributed by atoms with Gasteiger partial charge in [0.2, 0.25) is 0 Å². The van der Waals surface area contributed by atoms with E-state index in [4.69, 9.17) is 20.5 Å². The van der Waals surface area contributed by atoms with E-state index in [1.165, 1.54) is 7.11 Å². The van der Waals surface area contributed by atoms with Crippen LogP contribution in [0.25, 0.3) is 0 Å². The third-order valence-electron chi connectivity index (χ3n) is 2.29. The van der Waals surface area contributed by atoms with E-state index in [1.807, 2.05) is 18.2 Å². The molecule has 1 unspecified atom stereocenters. The topological polar surface area (TPSA) is 80.6 Å². The van der Waals surface area contributed by atoms with E-state index in [0.29, 0.717) is 15.8 Å². The van der Waals surface area contributed by atoms with Crippen molar-refractivity contribution in [3.63, 3.8) is 0 Å². The summed E-state index contributed by atoms with van der Waals surface area (Å²) in [6.07, 6.45) is 0. The van der Waals surface area contributed by atoms with Crippen LogP contribution in [0.5, 0.6) is 5.75 Å². The lowest BCUT2D eigenvalue weighted by Crippen LogP contribution is -2.07. The lowest BCUT2D eigenvalue weighted by atomic mass is 9.89. The second-order valence-electron chi connectivity index (χ2n) is 3.24. The molecule has 0 bridgehead atoms. The molecule has 0 amide bonds. The van der Waals surface area contributed by atoms with Crippen LogP contribution in [-0.4, -0.2) is 7.11 Å². The van der Waals surface area contributed by atoms with Crippen molar-refractivity contribution < 1.29 is 4.74 Å². The number of rotatable bonds is 3. The Morgan fingerprint density at radius 1 is 1.18 bits per heavy atom. The molecule has 0 aromatic heterocycles. The third-order valence-corrected chi connectivity index (χ3v) is 2.91. The lowest BCUT2D eigenvalue weighted by Gasteiger charge is -2.11. The predicted octanol–water partition coefficient (Wildman–Crippen LogP) is 2.73. The summed E-state index contributed by atoms with van der Waals surface area (Å²) in [7, 11) is 1.54. The molecule has 0 radical (unpaired) electrons. The summed E-state index contributed by atoms with van der Waals surface area (Å²) in [5.41, 5.74) is 0.619. The predicted molar refractivity (Wildman–Crippen MR) is 63.8 cm³/mol. The largest absolute Gasteiger partial charge is 0.496 e. The highest BCUT2D eigenvalue weighted by Gasteiger charge is 2.23. The van der Waals surface area contributed by atoms with Crippen molar-refractivity contribution >= 4 is 15.9 Å². The fourth-order valence-corrected chi connectivity index (χ4v) is 1.95. The fourth-order valence-electron chi connectivity index (χ4n) is 1.40. The van der Waals surface area contributed by atoms with Crippen LogP contribution in [0.15, 0.2) is 22.7 Å². The van der Waals surface area contributed by atoms with Gasteiger partial charge in [0, 0.05) is 0 Å². The molecule has 1 atom stereocenters. The van der Waals surface area contributed by atoms with Gasteiger partial charge in [-0.2, -0.15) is 15.8 Å². The molecule has 5 heteroatoms. The highest BCUT2D eigenvalue weighted by atomic mass is 79.9. The van der Waals surface area contributed by atoms with E-state index >= 15 is 0 Å². The van der Waals surface area contributed by atoms with Gasteiger partial charge in [-0.1, -0.05) is 6.07 Å². The highest BCUT2D eigenvalue weighted by Crippen LogP contribution is 2.31. The first-order valence-corrected chi connectivity index (χ1v) is 5.49. The van der Waals surface area contributed by atoms with Crippen LogP contribution >= 0.6 is 15.9 Å². The first kappa shape index (κ1) is 13.0. The van der Waals surface area contributed by atoms with E-state index in [1.54, 1.807) is 18.2 Å². The Hall–Kier alpha value is -2.03. The normalized spacial score (nSPS) is 11.1. The van der Waals surface area contributed by atoms with Gasteiger partial charge in [-0.05, 0) is 33.6 Å². The quantitative estimate of drug-likeness (QED) is 0.857. The monoisotopic (exact) mass is 289 g/mol. The summed E-state index contributed by atoms with van der Waals surface area (Å²) >= 11 is 3.30. The molecular weight excluding hydrogens is 282 g/mol. The molecule has 0 fully saturated rings. The van der Waals surface area contributed by atoms with Crippen molar-refractivity contribution in [2.24, 2.45) is 5.92 Å². The zero-order valence-electron chi connectivity index (χ0n) is 9.01. The first-order valence-electron chi connectivity index (χ1n) is 4.70. The highest BCUT2D eigenvalue weighted by molar-refractivity contribution is 9.10. The standard InChI is InChI=1S/C12H8BrN3O/c1-17-12-3-2-8(4-11(12)13)10(7-16)9(5-14)6-15/h2-4,9-10H,1H3. The smallest absolute Gasteiger partial charge is 0.153 e. The molecule has 0 N–H and O–H groups in total. The van der Waals surface area contributed by atoms with Crippen LogP contribution in [0.3, 0.4) is 0 Å². The Bertz CT molecular complexity index is 522. The van der Waals surface area contributed by atoms with Crippen molar-refractivity contribution in [2.75, 3.05) is 7.11 Å². The maximum absolute atomic E-state index is 9.03. The summed E-state index contributed by atoms with van der Waals surface area (Å²) in [6.45, 7) is 0. The van der Waals surface area contributed by atoms with Crippen LogP contribution in [0.2, 0.25) is 0 Å². The summed E-state index contributed by atoms with van der Waals surface area (Å²) in [5.74, 6) is -1.09. The Morgan fingerprint density at radius 3 is 2.24 bits per heavy atom. The average molecular weight is 290 g/mol. The van der Waals surface area contributed by atoms with Gasteiger partial charge in [-0.15, -0.1) is 0 Å². The zero-order chi connectivity index (χ0) is 12.8. The number of halogens is 1. The van der Waals surface area contributed by atoms with Crippen LogP contribution in [0.1, 0.15) is 11.5 Å². The van der Waals surface area contributed by atoms with Crippen molar-refractivity contribution in [1.29, 1.82) is 15.8 Å². The van der Waals surface area contributed by atoms with E-state index < -0.39 is 11.8 Å². The number of hydrogen-bond acceptors (Lipinski definition) is 4. The van der Waals surface area contributed by atoms with E-state index in [0.717, 1.165) is 0 Å². The Labute approximate surface area is 108 Å². The summed E-state index contributed by atoms with van der Waals surface area (Å²) < 4.78 is 5.75. The summed E-state index contributed by atoms with van der Waals surface area (Å²) in [6, 6.07) is 10.7. The number of benzene rings is 1. The lowest BCUT2D eigenvalue weighted by molar-refractivity contribution is 0.412. The molecule has 1 rings (SSSR count). The third kappa shape index (κ3) is 2.75. The number of hydrogen-bond donors (Lipinski definition) is 0. The second-order valence-corrected chi connectivity index (χ2v) is 4.09. The van der Waals surface area contributed by atoms with Gasteiger partial charge >= 0.3 is 0 Å². The Balaban J connectivity index is 3.16. The number of nitrogens with zero attached hydrogens (tertiary/aromatic N) is 3. The molecular formula is C12H8BrN3O. The molecule has 0 aliphatic rings. The molecule has 0 spiro atoms. The molecule has 1 aromatic rings. The first-order chi connectivity index (χ1) is 8.17. The molecule has 1 aromatic carbocycles. The van der Waals surface area contributed by atoms with Crippen molar-refractivity contribution in [1.82, 2.24) is 0 Å². The van der Waals surface area contributed by atoms with Crippen molar-refractivity contribution in [3.05, 3.63) is 28.2 Å². The molecule has 84 valence electrons. The molecule has 0 heterocycles. The minimum Gasteiger partial charge on any atom is -0.496 e. The minimum absolute atomic E-state index is 0.619. The van der Waals surface area contributed by atoms with Crippen molar-refractivity contribution in [2.45, 2.75) is 5.92 Å².